The molecule has 1 aliphatic carbocycles. The van der Waals surface area contributed by atoms with Gasteiger partial charge in [0.15, 0.2) is 0 Å². The van der Waals surface area contributed by atoms with E-state index in [9.17, 15) is 4.79 Å². The van der Waals surface area contributed by atoms with Crippen molar-refractivity contribution < 1.29 is 9.53 Å². The summed E-state index contributed by atoms with van der Waals surface area (Å²) >= 11 is 0. The highest BCUT2D eigenvalue weighted by atomic mass is 16.5. The zero-order valence-corrected chi connectivity index (χ0v) is 14.8. The number of hydrogen-bond acceptors (Lipinski definition) is 4. The van der Waals surface area contributed by atoms with Crippen molar-refractivity contribution in [2.75, 3.05) is 0 Å². The summed E-state index contributed by atoms with van der Waals surface area (Å²) in [7, 11) is 0. The number of carbonyl (C=O) groups is 1. The van der Waals surface area contributed by atoms with Gasteiger partial charge in [-0.25, -0.2) is 9.78 Å². The van der Waals surface area contributed by atoms with Crippen LogP contribution < -0.4 is 0 Å². The molecule has 0 saturated heterocycles. The predicted octanol–water partition coefficient (Wildman–Crippen LogP) is 4.63. The number of aromatic nitrogens is 2. The second kappa shape index (κ2) is 6.47. The van der Waals surface area contributed by atoms with Gasteiger partial charge in [0, 0.05) is 16.5 Å². The summed E-state index contributed by atoms with van der Waals surface area (Å²) in [6.45, 7) is 0.162. The van der Waals surface area contributed by atoms with E-state index in [0.29, 0.717) is 5.56 Å². The van der Waals surface area contributed by atoms with Crippen molar-refractivity contribution in [2.45, 2.75) is 25.9 Å². The Balaban J connectivity index is 1.47. The molecule has 0 spiro atoms. The third kappa shape index (κ3) is 2.83. The molecule has 27 heavy (non-hydrogen) atoms. The van der Waals surface area contributed by atoms with Gasteiger partial charge in [-0.2, -0.15) is 0 Å². The molecular formula is C23H18N2O2. The van der Waals surface area contributed by atoms with Crippen LogP contribution in [0.15, 0.2) is 60.7 Å². The van der Waals surface area contributed by atoms with Crippen molar-refractivity contribution in [1.82, 2.24) is 9.97 Å². The van der Waals surface area contributed by atoms with Gasteiger partial charge in [0.1, 0.15) is 6.61 Å². The first-order valence-electron chi connectivity index (χ1n) is 9.22. The Bertz CT molecular complexity index is 1180. The lowest BCUT2D eigenvalue weighted by Gasteiger charge is -2.12. The maximum absolute atomic E-state index is 13.0. The SMILES string of the molecule is O=C(OCc1ccc2ccccc2n1)c1c2c(nc3ccccc13)CCC2. The highest BCUT2D eigenvalue weighted by Gasteiger charge is 2.24. The van der Waals surface area contributed by atoms with Crippen LogP contribution in [0.4, 0.5) is 0 Å². The standard InChI is InChI=1S/C23H18N2O2/c26-23(27-14-16-13-12-15-6-1-3-9-19(15)24-16)22-17-7-2-4-10-20(17)25-21-11-5-8-18(21)22/h1-4,6-7,9-10,12-13H,5,8,11,14H2. The van der Waals surface area contributed by atoms with E-state index in [-0.39, 0.29) is 12.6 Å². The highest BCUT2D eigenvalue weighted by Crippen LogP contribution is 2.30. The first kappa shape index (κ1) is 15.9. The number of para-hydroxylation sites is 2. The molecule has 4 aromatic rings. The molecule has 0 atom stereocenters. The zero-order chi connectivity index (χ0) is 18.2. The van der Waals surface area contributed by atoms with Crippen LogP contribution in [0.3, 0.4) is 0 Å². The molecule has 2 aromatic heterocycles. The Hall–Kier alpha value is -3.27. The first-order valence-corrected chi connectivity index (χ1v) is 9.22. The van der Waals surface area contributed by atoms with Crippen LogP contribution in [-0.2, 0) is 24.2 Å². The Kier molecular flexibility index (Phi) is 3.82. The summed E-state index contributed by atoms with van der Waals surface area (Å²) in [5.41, 5.74) is 5.26. The Morgan fingerprint density at radius 1 is 0.889 bits per heavy atom. The molecule has 2 aromatic carbocycles. The average molecular weight is 354 g/mol. The molecule has 0 fully saturated rings. The molecule has 4 nitrogen and oxygen atoms in total. The number of benzene rings is 2. The van der Waals surface area contributed by atoms with Gasteiger partial charge in [0.25, 0.3) is 0 Å². The lowest BCUT2D eigenvalue weighted by atomic mass is 10.0. The van der Waals surface area contributed by atoms with E-state index in [1.165, 1.54) is 0 Å². The Morgan fingerprint density at radius 3 is 2.63 bits per heavy atom. The van der Waals surface area contributed by atoms with Gasteiger partial charge in [-0.3, -0.25) is 4.98 Å². The molecule has 0 amide bonds. The second-order valence-corrected chi connectivity index (χ2v) is 6.85. The van der Waals surface area contributed by atoms with Gasteiger partial charge in [0.05, 0.1) is 22.3 Å². The van der Waals surface area contributed by atoms with Crippen LogP contribution in [0.5, 0.6) is 0 Å². The van der Waals surface area contributed by atoms with E-state index in [4.69, 9.17) is 9.72 Å². The van der Waals surface area contributed by atoms with E-state index in [0.717, 1.165) is 58.0 Å². The number of aryl methyl sites for hydroxylation is 1. The van der Waals surface area contributed by atoms with Crippen LogP contribution in [0.2, 0.25) is 0 Å². The molecule has 0 unspecified atom stereocenters. The van der Waals surface area contributed by atoms with Crippen LogP contribution in [0, 0.1) is 0 Å². The van der Waals surface area contributed by atoms with Crippen molar-refractivity contribution in [3.8, 4) is 0 Å². The predicted molar refractivity (Wildman–Crippen MR) is 105 cm³/mol. The van der Waals surface area contributed by atoms with Gasteiger partial charge in [0.2, 0.25) is 0 Å². The lowest BCUT2D eigenvalue weighted by Crippen LogP contribution is -2.11. The lowest BCUT2D eigenvalue weighted by molar-refractivity contribution is 0.0469. The molecule has 0 N–H and O–H groups in total. The molecule has 2 heterocycles. The number of pyridine rings is 2. The Labute approximate surface area is 156 Å². The van der Waals surface area contributed by atoms with E-state index in [2.05, 4.69) is 4.98 Å². The monoisotopic (exact) mass is 354 g/mol. The van der Waals surface area contributed by atoms with E-state index in [1.807, 2.05) is 60.7 Å². The number of hydrogen-bond donors (Lipinski definition) is 0. The number of fused-ring (bicyclic) bond motifs is 3. The molecular weight excluding hydrogens is 336 g/mol. The molecule has 0 bridgehead atoms. The van der Waals surface area contributed by atoms with Gasteiger partial charge >= 0.3 is 5.97 Å². The summed E-state index contributed by atoms with van der Waals surface area (Å²) in [6, 6.07) is 19.6. The van der Waals surface area contributed by atoms with Crippen molar-refractivity contribution >= 4 is 27.8 Å². The number of carbonyl (C=O) groups excluding carboxylic acids is 1. The fraction of sp³-hybridized carbons (Fsp3) is 0.174. The molecule has 4 heteroatoms. The first-order chi connectivity index (χ1) is 13.3. The van der Waals surface area contributed by atoms with Crippen LogP contribution in [0.1, 0.15) is 33.7 Å². The van der Waals surface area contributed by atoms with Gasteiger partial charge in [-0.05, 0) is 43.0 Å². The number of ether oxygens (including phenoxy) is 1. The third-order valence-corrected chi connectivity index (χ3v) is 5.13. The zero-order valence-electron chi connectivity index (χ0n) is 14.8. The Morgan fingerprint density at radius 2 is 1.70 bits per heavy atom. The minimum absolute atomic E-state index is 0.162. The maximum atomic E-state index is 13.0. The van der Waals surface area contributed by atoms with Crippen molar-refractivity contribution in [3.63, 3.8) is 0 Å². The van der Waals surface area contributed by atoms with E-state index >= 15 is 0 Å². The largest absolute Gasteiger partial charge is 0.456 e. The quantitative estimate of drug-likeness (QED) is 0.503. The molecule has 132 valence electrons. The molecule has 0 saturated carbocycles. The third-order valence-electron chi connectivity index (χ3n) is 5.13. The van der Waals surface area contributed by atoms with Crippen molar-refractivity contribution in [3.05, 3.63) is 83.2 Å². The molecule has 1 aliphatic rings. The fourth-order valence-electron chi connectivity index (χ4n) is 3.84. The summed E-state index contributed by atoms with van der Waals surface area (Å²) in [5, 5.41) is 1.94. The summed E-state index contributed by atoms with van der Waals surface area (Å²) in [5.74, 6) is -0.290. The number of rotatable bonds is 3. The number of esters is 1. The topological polar surface area (TPSA) is 52.1 Å². The summed E-state index contributed by atoms with van der Waals surface area (Å²) in [6.07, 6.45) is 2.84. The van der Waals surface area contributed by atoms with Crippen molar-refractivity contribution in [2.24, 2.45) is 0 Å². The number of nitrogens with zero attached hydrogens (tertiary/aromatic N) is 2. The summed E-state index contributed by atoms with van der Waals surface area (Å²) < 4.78 is 5.67. The smallest absolute Gasteiger partial charge is 0.339 e. The maximum Gasteiger partial charge on any atom is 0.339 e. The highest BCUT2D eigenvalue weighted by molar-refractivity contribution is 6.05. The van der Waals surface area contributed by atoms with Gasteiger partial charge < -0.3 is 4.74 Å². The van der Waals surface area contributed by atoms with E-state index in [1.54, 1.807) is 0 Å². The molecule has 5 rings (SSSR count). The molecule has 0 aliphatic heterocycles. The van der Waals surface area contributed by atoms with Crippen LogP contribution in [-0.4, -0.2) is 15.9 Å². The van der Waals surface area contributed by atoms with Gasteiger partial charge in [-0.1, -0.05) is 42.5 Å². The van der Waals surface area contributed by atoms with Crippen LogP contribution in [0.25, 0.3) is 21.8 Å². The van der Waals surface area contributed by atoms with Crippen LogP contribution >= 0.6 is 0 Å². The second-order valence-electron chi connectivity index (χ2n) is 6.85. The van der Waals surface area contributed by atoms with Crippen molar-refractivity contribution in [1.29, 1.82) is 0 Å². The average Bonchev–Trinajstić information content (AvgIpc) is 3.18. The van der Waals surface area contributed by atoms with E-state index < -0.39 is 0 Å². The minimum atomic E-state index is -0.290. The summed E-state index contributed by atoms with van der Waals surface area (Å²) in [4.78, 5) is 22.3. The normalized spacial score (nSPS) is 13.0. The molecule has 0 radical (unpaired) electrons. The van der Waals surface area contributed by atoms with Gasteiger partial charge in [-0.15, -0.1) is 0 Å². The fourth-order valence-corrected chi connectivity index (χ4v) is 3.84. The minimum Gasteiger partial charge on any atom is -0.456 e.